The lowest BCUT2D eigenvalue weighted by molar-refractivity contribution is 0.388. The van der Waals surface area contributed by atoms with Crippen LogP contribution in [0.5, 0.6) is 5.88 Å². The van der Waals surface area contributed by atoms with E-state index in [0.29, 0.717) is 12.4 Å². The van der Waals surface area contributed by atoms with Gasteiger partial charge in [0.15, 0.2) is 0 Å². The fraction of sp³-hybridized carbons (Fsp3) is 0.312. The molecule has 2 aromatic rings. The lowest BCUT2D eigenvalue weighted by Gasteiger charge is -2.18. The smallest absolute Gasteiger partial charge is 0.217 e. The maximum Gasteiger partial charge on any atom is 0.217 e. The Kier molecular flexibility index (Phi) is 5.07. The molecule has 1 atom stereocenters. The molecule has 0 aliphatic heterocycles. The average molecular weight is 274 g/mol. The summed E-state index contributed by atoms with van der Waals surface area (Å²) in [5.74, 6) is 0.413. The second-order valence-corrected chi connectivity index (χ2v) is 4.57. The summed E-state index contributed by atoms with van der Waals surface area (Å²) in [4.78, 5) is 4.17. The number of aromatic nitrogens is 1. The van der Waals surface area contributed by atoms with E-state index in [9.17, 15) is 4.39 Å². The van der Waals surface area contributed by atoms with E-state index in [1.807, 2.05) is 18.2 Å². The van der Waals surface area contributed by atoms with E-state index < -0.39 is 0 Å². The molecule has 0 saturated carbocycles. The lowest BCUT2D eigenvalue weighted by Crippen LogP contribution is -2.20. The molecule has 0 fully saturated rings. The maximum absolute atomic E-state index is 13.3. The summed E-state index contributed by atoms with van der Waals surface area (Å²) >= 11 is 0. The highest BCUT2D eigenvalue weighted by Gasteiger charge is 2.11. The van der Waals surface area contributed by atoms with Gasteiger partial charge in [0.05, 0.1) is 7.11 Å². The predicted octanol–water partition coefficient (Wildman–Crippen LogP) is 3.47. The molecule has 0 saturated heterocycles. The lowest BCUT2D eigenvalue weighted by atomic mass is 10.0. The fourth-order valence-electron chi connectivity index (χ4n) is 2.20. The molecule has 1 aromatic heterocycles. The van der Waals surface area contributed by atoms with Crippen LogP contribution in [0.25, 0.3) is 0 Å². The summed E-state index contributed by atoms with van der Waals surface area (Å²) in [6.07, 6.45) is 2.58. The van der Waals surface area contributed by atoms with Gasteiger partial charge in [0.1, 0.15) is 5.82 Å². The summed E-state index contributed by atoms with van der Waals surface area (Å²) in [7, 11) is 1.61. The maximum atomic E-state index is 13.3. The van der Waals surface area contributed by atoms with Crippen molar-refractivity contribution in [2.45, 2.75) is 25.9 Å². The highest BCUT2D eigenvalue weighted by atomic mass is 19.1. The average Bonchev–Trinajstić information content (AvgIpc) is 2.48. The van der Waals surface area contributed by atoms with Gasteiger partial charge >= 0.3 is 0 Å². The molecule has 1 heterocycles. The Labute approximate surface area is 118 Å². The number of nitrogens with zero attached hydrogens (tertiary/aromatic N) is 1. The number of hydrogen-bond acceptors (Lipinski definition) is 3. The van der Waals surface area contributed by atoms with Crippen LogP contribution in [0, 0.1) is 5.82 Å². The molecular weight excluding hydrogens is 255 g/mol. The van der Waals surface area contributed by atoms with E-state index in [1.54, 1.807) is 25.4 Å². The number of methoxy groups -OCH3 is 1. The molecule has 2 rings (SSSR count). The third-order valence-corrected chi connectivity index (χ3v) is 3.24. The van der Waals surface area contributed by atoms with Crippen LogP contribution in [0.1, 0.15) is 30.5 Å². The molecular formula is C16H19FN2O. The van der Waals surface area contributed by atoms with E-state index in [4.69, 9.17) is 4.74 Å². The second-order valence-electron chi connectivity index (χ2n) is 4.57. The number of ether oxygens (including phenoxy) is 1. The van der Waals surface area contributed by atoms with Crippen LogP contribution in [0.2, 0.25) is 0 Å². The summed E-state index contributed by atoms with van der Waals surface area (Å²) in [5, 5.41) is 3.42. The van der Waals surface area contributed by atoms with Crippen molar-refractivity contribution < 1.29 is 9.13 Å². The van der Waals surface area contributed by atoms with Crippen molar-refractivity contribution in [1.29, 1.82) is 0 Å². The Bertz CT molecular complexity index is 560. The fourth-order valence-corrected chi connectivity index (χ4v) is 2.20. The van der Waals surface area contributed by atoms with E-state index in [2.05, 4.69) is 17.2 Å². The predicted molar refractivity (Wildman–Crippen MR) is 77.1 cm³/mol. The van der Waals surface area contributed by atoms with Gasteiger partial charge in [-0.15, -0.1) is 0 Å². The van der Waals surface area contributed by atoms with E-state index in [-0.39, 0.29) is 11.9 Å². The first kappa shape index (κ1) is 14.5. The number of hydrogen-bond donors (Lipinski definition) is 1. The molecule has 4 heteroatoms. The molecule has 1 unspecified atom stereocenters. The zero-order chi connectivity index (χ0) is 14.4. The zero-order valence-corrected chi connectivity index (χ0v) is 11.8. The van der Waals surface area contributed by atoms with Crippen LogP contribution in [0.4, 0.5) is 4.39 Å². The van der Waals surface area contributed by atoms with Crippen LogP contribution in [-0.2, 0) is 6.54 Å². The molecule has 106 valence electrons. The minimum atomic E-state index is -0.207. The third-order valence-electron chi connectivity index (χ3n) is 3.24. The van der Waals surface area contributed by atoms with Crippen LogP contribution in [-0.4, -0.2) is 12.1 Å². The van der Waals surface area contributed by atoms with Crippen molar-refractivity contribution in [2.24, 2.45) is 0 Å². The highest BCUT2D eigenvalue weighted by Crippen LogP contribution is 2.20. The SMILES string of the molecule is CCC(NCc1cccnc1OC)c1cccc(F)c1. The molecule has 0 aliphatic rings. The van der Waals surface area contributed by atoms with Crippen LogP contribution < -0.4 is 10.1 Å². The van der Waals surface area contributed by atoms with Gasteiger partial charge in [0.25, 0.3) is 0 Å². The first-order valence-electron chi connectivity index (χ1n) is 6.71. The van der Waals surface area contributed by atoms with Crippen molar-refractivity contribution in [3.8, 4) is 5.88 Å². The molecule has 0 radical (unpaired) electrons. The normalized spacial score (nSPS) is 12.2. The summed E-state index contributed by atoms with van der Waals surface area (Å²) in [5.41, 5.74) is 1.94. The molecule has 0 amide bonds. The number of pyridine rings is 1. The molecule has 1 aromatic carbocycles. The Hall–Kier alpha value is -1.94. The topological polar surface area (TPSA) is 34.2 Å². The van der Waals surface area contributed by atoms with Crippen LogP contribution >= 0.6 is 0 Å². The molecule has 0 bridgehead atoms. The Morgan fingerprint density at radius 1 is 1.30 bits per heavy atom. The van der Waals surface area contributed by atoms with Crippen LogP contribution in [0.3, 0.4) is 0 Å². The van der Waals surface area contributed by atoms with Crippen molar-refractivity contribution >= 4 is 0 Å². The van der Waals surface area contributed by atoms with Crippen molar-refractivity contribution in [3.63, 3.8) is 0 Å². The van der Waals surface area contributed by atoms with Crippen molar-refractivity contribution in [3.05, 3.63) is 59.5 Å². The van der Waals surface area contributed by atoms with Gasteiger partial charge in [-0.1, -0.05) is 25.1 Å². The number of halogens is 1. The van der Waals surface area contributed by atoms with Crippen LogP contribution in [0.15, 0.2) is 42.6 Å². The molecule has 3 nitrogen and oxygen atoms in total. The largest absolute Gasteiger partial charge is 0.481 e. The first-order chi connectivity index (χ1) is 9.74. The van der Waals surface area contributed by atoms with Gasteiger partial charge < -0.3 is 10.1 Å². The van der Waals surface area contributed by atoms with Gasteiger partial charge in [0, 0.05) is 24.3 Å². The third kappa shape index (κ3) is 3.54. The Morgan fingerprint density at radius 2 is 2.15 bits per heavy atom. The molecule has 0 spiro atoms. The number of rotatable bonds is 6. The van der Waals surface area contributed by atoms with E-state index in [1.165, 1.54) is 6.07 Å². The first-order valence-corrected chi connectivity index (χ1v) is 6.71. The molecule has 0 aliphatic carbocycles. The van der Waals surface area contributed by atoms with Gasteiger partial charge in [-0.2, -0.15) is 0 Å². The number of nitrogens with one attached hydrogen (secondary N) is 1. The summed E-state index contributed by atoms with van der Waals surface area (Å²) in [6.45, 7) is 2.70. The minimum absolute atomic E-state index is 0.107. The van der Waals surface area contributed by atoms with E-state index >= 15 is 0 Å². The summed E-state index contributed by atoms with van der Waals surface area (Å²) < 4.78 is 18.5. The van der Waals surface area contributed by atoms with Gasteiger partial charge in [0.2, 0.25) is 5.88 Å². The van der Waals surface area contributed by atoms with Gasteiger partial charge in [-0.05, 0) is 30.2 Å². The van der Waals surface area contributed by atoms with Crippen molar-refractivity contribution in [1.82, 2.24) is 10.3 Å². The standard InChI is InChI=1S/C16H19FN2O/c1-3-15(12-6-4-8-14(17)10-12)19-11-13-7-5-9-18-16(13)20-2/h4-10,15,19H,3,11H2,1-2H3. The summed E-state index contributed by atoms with van der Waals surface area (Å²) in [6, 6.07) is 10.7. The number of benzene rings is 1. The Morgan fingerprint density at radius 3 is 2.85 bits per heavy atom. The zero-order valence-electron chi connectivity index (χ0n) is 11.8. The minimum Gasteiger partial charge on any atom is -0.481 e. The van der Waals surface area contributed by atoms with Crippen molar-refractivity contribution in [2.75, 3.05) is 7.11 Å². The Balaban J connectivity index is 2.08. The highest BCUT2D eigenvalue weighted by molar-refractivity contribution is 5.26. The van der Waals surface area contributed by atoms with E-state index in [0.717, 1.165) is 17.5 Å². The molecule has 20 heavy (non-hydrogen) atoms. The monoisotopic (exact) mass is 274 g/mol. The molecule has 1 N–H and O–H groups in total. The second kappa shape index (κ2) is 7.01. The van der Waals surface area contributed by atoms with Gasteiger partial charge in [-0.3, -0.25) is 0 Å². The van der Waals surface area contributed by atoms with Gasteiger partial charge in [-0.25, -0.2) is 9.37 Å². The quantitative estimate of drug-likeness (QED) is 0.875.